The van der Waals surface area contributed by atoms with Crippen molar-refractivity contribution >= 4 is 40.2 Å². The molecular weight excluding hydrogens is 320 g/mol. The maximum atomic E-state index is 11.8. The number of thioether (sulfide) groups is 1. The van der Waals surface area contributed by atoms with E-state index in [1.165, 1.54) is 11.3 Å². The second kappa shape index (κ2) is 6.87. The number of nitrogens with zero attached hydrogens (tertiary/aromatic N) is 1. The molecule has 0 aromatic carbocycles. The lowest BCUT2D eigenvalue weighted by atomic mass is 10.0. The molecule has 3 rings (SSSR count). The zero-order valence-electron chi connectivity index (χ0n) is 12.4. The zero-order valence-corrected chi connectivity index (χ0v) is 14.1. The number of urea groups is 1. The SMILES string of the molecule is Cc1cnc(NC(=O)CCCC[C@@H]2SC[C@@H]3NC(=O)N[C@H]32)s1. The van der Waals surface area contributed by atoms with Crippen LogP contribution in [0.1, 0.15) is 30.6 Å². The first-order valence-corrected chi connectivity index (χ1v) is 9.39. The van der Waals surface area contributed by atoms with Gasteiger partial charge in [0.15, 0.2) is 5.13 Å². The molecule has 3 atom stereocenters. The third kappa shape index (κ3) is 3.73. The molecule has 0 aliphatic carbocycles. The number of hydrogen-bond acceptors (Lipinski definition) is 5. The summed E-state index contributed by atoms with van der Waals surface area (Å²) in [6, 6.07) is 0.488. The molecule has 0 radical (unpaired) electrons. The molecule has 2 saturated heterocycles. The average Bonchev–Trinajstić information content (AvgIpc) is 3.12. The average molecular weight is 340 g/mol. The summed E-state index contributed by atoms with van der Waals surface area (Å²) >= 11 is 3.41. The molecule has 0 saturated carbocycles. The lowest BCUT2D eigenvalue weighted by molar-refractivity contribution is -0.116. The largest absolute Gasteiger partial charge is 0.332 e. The van der Waals surface area contributed by atoms with Crippen LogP contribution in [0, 0.1) is 6.92 Å². The van der Waals surface area contributed by atoms with E-state index in [1.54, 1.807) is 6.20 Å². The Balaban J connectivity index is 1.34. The second-order valence-electron chi connectivity index (χ2n) is 5.69. The molecule has 1 aromatic rings. The van der Waals surface area contributed by atoms with Gasteiger partial charge in [-0.15, -0.1) is 11.3 Å². The summed E-state index contributed by atoms with van der Waals surface area (Å²) in [6.45, 7) is 1.97. The van der Waals surface area contributed by atoms with Gasteiger partial charge in [0, 0.05) is 28.5 Å². The highest BCUT2D eigenvalue weighted by molar-refractivity contribution is 8.00. The van der Waals surface area contributed by atoms with Gasteiger partial charge in [-0.3, -0.25) is 4.79 Å². The predicted octanol–water partition coefficient (Wildman–Crippen LogP) is 2.12. The summed E-state index contributed by atoms with van der Waals surface area (Å²) in [5.41, 5.74) is 0. The number of thiazole rings is 1. The van der Waals surface area contributed by atoms with Gasteiger partial charge in [0.1, 0.15) is 0 Å². The summed E-state index contributed by atoms with van der Waals surface area (Å²) in [5.74, 6) is 1.01. The number of rotatable bonds is 6. The maximum Gasteiger partial charge on any atom is 0.315 e. The molecule has 1 aromatic heterocycles. The fraction of sp³-hybridized carbons (Fsp3) is 0.643. The number of fused-ring (bicyclic) bond motifs is 1. The lowest BCUT2D eigenvalue weighted by Gasteiger charge is -2.16. The molecule has 3 heterocycles. The van der Waals surface area contributed by atoms with Gasteiger partial charge in [0.05, 0.1) is 12.1 Å². The van der Waals surface area contributed by atoms with Gasteiger partial charge in [-0.2, -0.15) is 11.8 Å². The molecule has 3 amide bonds. The standard InChI is InChI=1S/C14H20N4O2S2/c1-8-6-15-14(22-8)17-11(19)5-3-2-4-10-12-9(7-21-10)16-13(20)18-12/h6,9-10,12H,2-5,7H2,1H3,(H,15,17,19)(H2,16,18,20)/t9-,10-,12+/m0/s1. The molecule has 120 valence electrons. The van der Waals surface area contributed by atoms with Gasteiger partial charge in [-0.05, 0) is 19.8 Å². The van der Waals surface area contributed by atoms with Crippen molar-refractivity contribution in [3.63, 3.8) is 0 Å². The fourth-order valence-corrected chi connectivity index (χ4v) is 5.09. The van der Waals surface area contributed by atoms with Crippen molar-refractivity contribution in [1.82, 2.24) is 15.6 Å². The minimum atomic E-state index is -0.0431. The molecule has 22 heavy (non-hydrogen) atoms. The molecule has 8 heteroatoms. The van der Waals surface area contributed by atoms with Crippen LogP contribution in [0.15, 0.2) is 6.20 Å². The Morgan fingerprint density at radius 2 is 2.32 bits per heavy atom. The maximum absolute atomic E-state index is 11.8. The molecule has 6 nitrogen and oxygen atoms in total. The lowest BCUT2D eigenvalue weighted by Crippen LogP contribution is -2.36. The third-order valence-electron chi connectivity index (χ3n) is 3.95. The minimum Gasteiger partial charge on any atom is -0.332 e. The highest BCUT2D eigenvalue weighted by Gasteiger charge is 2.42. The van der Waals surface area contributed by atoms with Gasteiger partial charge in [-0.1, -0.05) is 6.42 Å². The number of aromatic nitrogens is 1. The number of carbonyl (C=O) groups is 2. The van der Waals surface area contributed by atoms with E-state index >= 15 is 0 Å². The van der Waals surface area contributed by atoms with E-state index in [4.69, 9.17) is 0 Å². The van der Waals surface area contributed by atoms with Gasteiger partial charge in [0.25, 0.3) is 0 Å². The molecule has 0 spiro atoms. The van der Waals surface area contributed by atoms with Crippen LogP contribution in [-0.4, -0.2) is 40.0 Å². The van der Waals surface area contributed by atoms with Crippen LogP contribution in [0.4, 0.5) is 9.93 Å². The summed E-state index contributed by atoms with van der Waals surface area (Å²) < 4.78 is 0. The Morgan fingerprint density at radius 3 is 3.09 bits per heavy atom. The summed E-state index contributed by atoms with van der Waals surface area (Å²) in [7, 11) is 0. The number of anilines is 1. The Labute approximate surface area is 137 Å². The van der Waals surface area contributed by atoms with Crippen LogP contribution >= 0.6 is 23.1 Å². The van der Waals surface area contributed by atoms with E-state index in [1.807, 2.05) is 18.7 Å². The predicted molar refractivity (Wildman–Crippen MR) is 89.4 cm³/mol. The van der Waals surface area contributed by atoms with E-state index in [0.717, 1.165) is 29.9 Å². The van der Waals surface area contributed by atoms with E-state index in [2.05, 4.69) is 20.9 Å². The number of aryl methyl sites for hydroxylation is 1. The Hall–Kier alpha value is -1.28. The second-order valence-corrected chi connectivity index (χ2v) is 8.20. The third-order valence-corrected chi connectivity index (χ3v) is 6.29. The highest BCUT2D eigenvalue weighted by Crippen LogP contribution is 2.33. The van der Waals surface area contributed by atoms with E-state index < -0.39 is 0 Å². The first-order chi connectivity index (χ1) is 10.6. The van der Waals surface area contributed by atoms with Crippen LogP contribution < -0.4 is 16.0 Å². The minimum absolute atomic E-state index is 0.0298. The first kappa shape index (κ1) is 15.6. The van der Waals surface area contributed by atoms with Crippen molar-refractivity contribution in [1.29, 1.82) is 0 Å². The van der Waals surface area contributed by atoms with Crippen molar-refractivity contribution in [2.45, 2.75) is 49.9 Å². The Kier molecular flexibility index (Phi) is 4.87. The van der Waals surface area contributed by atoms with Gasteiger partial charge in [0.2, 0.25) is 5.91 Å². The Bertz CT molecular complexity index is 563. The van der Waals surface area contributed by atoms with Crippen LogP contribution in [0.2, 0.25) is 0 Å². The van der Waals surface area contributed by atoms with Crippen LogP contribution in [-0.2, 0) is 4.79 Å². The van der Waals surface area contributed by atoms with Crippen molar-refractivity contribution in [2.75, 3.05) is 11.1 Å². The molecule has 0 bridgehead atoms. The summed E-state index contributed by atoms with van der Waals surface area (Å²) in [5, 5.41) is 9.91. The molecular formula is C14H20N4O2S2. The van der Waals surface area contributed by atoms with E-state index in [-0.39, 0.29) is 24.0 Å². The quantitative estimate of drug-likeness (QED) is 0.547. The monoisotopic (exact) mass is 340 g/mol. The number of hydrogen-bond donors (Lipinski definition) is 3. The highest BCUT2D eigenvalue weighted by atomic mass is 32.2. The molecule has 0 unspecified atom stereocenters. The molecule has 2 aliphatic heterocycles. The van der Waals surface area contributed by atoms with Gasteiger partial charge in [-0.25, -0.2) is 9.78 Å². The van der Waals surface area contributed by atoms with Crippen molar-refractivity contribution in [3.05, 3.63) is 11.1 Å². The molecule has 2 fully saturated rings. The number of amides is 3. The molecule has 2 aliphatic rings. The van der Waals surface area contributed by atoms with Crippen molar-refractivity contribution < 1.29 is 9.59 Å². The van der Waals surface area contributed by atoms with Crippen molar-refractivity contribution in [3.8, 4) is 0 Å². The first-order valence-electron chi connectivity index (χ1n) is 7.53. The van der Waals surface area contributed by atoms with Crippen LogP contribution in [0.3, 0.4) is 0 Å². The zero-order chi connectivity index (χ0) is 15.5. The number of nitrogens with one attached hydrogen (secondary N) is 3. The van der Waals surface area contributed by atoms with E-state index in [9.17, 15) is 9.59 Å². The van der Waals surface area contributed by atoms with Crippen LogP contribution in [0.5, 0.6) is 0 Å². The molecule has 3 N–H and O–H groups in total. The van der Waals surface area contributed by atoms with Crippen LogP contribution in [0.25, 0.3) is 0 Å². The number of unbranched alkanes of at least 4 members (excludes halogenated alkanes) is 1. The topological polar surface area (TPSA) is 83.1 Å². The normalized spacial score (nSPS) is 26.4. The van der Waals surface area contributed by atoms with Gasteiger partial charge < -0.3 is 16.0 Å². The smallest absolute Gasteiger partial charge is 0.315 e. The van der Waals surface area contributed by atoms with Crippen molar-refractivity contribution in [2.24, 2.45) is 0 Å². The summed E-state index contributed by atoms with van der Waals surface area (Å²) in [4.78, 5) is 28.4. The van der Waals surface area contributed by atoms with E-state index in [0.29, 0.717) is 16.8 Å². The Morgan fingerprint density at radius 1 is 1.45 bits per heavy atom. The number of carbonyl (C=O) groups excluding carboxylic acids is 2. The fourth-order valence-electron chi connectivity index (χ4n) is 2.87. The summed E-state index contributed by atoms with van der Waals surface area (Å²) in [6.07, 6.45) is 5.19. The van der Waals surface area contributed by atoms with Gasteiger partial charge >= 0.3 is 6.03 Å².